The molecule has 3 rings (SSSR count). The fraction of sp³-hybridized carbons (Fsp3) is 0.588. The number of nitrogens with one attached hydrogen (secondary N) is 1. The minimum absolute atomic E-state index is 0.206. The molecular weight excluding hydrogens is 267 g/mol. The summed E-state index contributed by atoms with van der Waals surface area (Å²) in [6, 6.07) is 6.96. The first-order valence-corrected chi connectivity index (χ1v) is 7.77. The Bertz CT molecular complexity index is 522. The lowest BCUT2D eigenvalue weighted by Crippen LogP contribution is -2.45. The second-order valence-corrected chi connectivity index (χ2v) is 6.78. The Hall–Kier alpha value is -1.42. The Morgan fingerprint density at radius 3 is 2.71 bits per heavy atom. The van der Waals surface area contributed by atoms with E-state index in [9.17, 15) is 9.18 Å². The normalized spacial score (nSPS) is 32.6. The Kier molecular flexibility index (Phi) is 3.74. The number of nitrogens with zero attached hydrogens (tertiary/aromatic N) is 1. The molecule has 1 aromatic carbocycles. The van der Waals surface area contributed by atoms with E-state index in [0.29, 0.717) is 5.92 Å². The van der Waals surface area contributed by atoms with Crippen LogP contribution in [0.25, 0.3) is 0 Å². The molecule has 0 spiro atoms. The summed E-state index contributed by atoms with van der Waals surface area (Å²) < 4.78 is 13.0. The molecule has 2 aliphatic heterocycles. The molecule has 0 bridgehead atoms. The van der Waals surface area contributed by atoms with E-state index >= 15 is 0 Å². The zero-order chi connectivity index (χ0) is 15.0. The van der Waals surface area contributed by atoms with Crippen molar-refractivity contribution in [2.24, 2.45) is 5.41 Å². The minimum atomic E-state index is -0.258. The lowest BCUT2D eigenvalue weighted by atomic mass is 9.88. The van der Waals surface area contributed by atoms with Gasteiger partial charge in [-0.05, 0) is 50.9 Å². The van der Waals surface area contributed by atoms with Gasteiger partial charge < -0.3 is 10.2 Å². The second-order valence-electron chi connectivity index (χ2n) is 6.78. The van der Waals surface area contributed by atoms with E-state index in [2.05, 4.69) is 19.2 Å². The van der Waals surface area contributed by atoms with E-state index in [4.69, 9.17) is 0 Å². The third kappa shape index (κ3) is 2.69. The van der Waals surface area contributed by atoms with Crippen molar-refractivity contribution < 1.29 is 9.18 Å². The molecule has 1 amide bonds. The monoisotopic (exact) mass is 290 g/mol. The van der Waals surface area contributed by atoms with Crippen LogP contribution in [-0.4, -0.2) is 36.5 Å². The fourth-order valence-corrected chi connectivity index (χ4v) is 3.64. The van der Waals surface area contributed by atoms with Crippen molar-refractivity contribution in [1.29, 1.82) is 0 Å². The highest BCUT2D eigenvalue weighted by Gasteiger charge is 2.43. The number of hydrogen-bond acceptors (Lipinski definition) is 2. The molecular formula is C17H23FN2O. The number of amides is 1. The molecule has 4 heteroatoms. The molecule has 2 saturated heterocycles. The highest BCUT2D eigenvalue weighted by atomic mass is 19.1. The maximum Gasteiger partial charge on any atom is 0.230 e. The number of rotatable bonds is 2. The highest BCUT2D eigenvalue weighted by Crippen LogP contribution is 2.36. The van der Waals surface area contributed by atoms with E-state index in [1.165, 1.54) is 12.1 Å². The number of carbonyl (C=O) groups is 1. The van der Waals surface area contributed by atoms with Crippen LogP contribution < -0.4 is 5.32 Å². The third-order valence-corrected chi connectivity index (χ3v) is 5.06. The first kappa shape index (κ1) is 14.5. The number of likely N-dealkylation sites (tertiary alicyclic amines) is 1. The van der Waals surface area contributed by atoms with Gasteiger partial charge in [0.2, 0.25) is 5.91 Å². The van der Waals surface area contributed by atoms with E-state index in [1.54, 1.807) is 0 Å². The van der Waals surface area contributed by atoms with Crippen molar-refractivity contribution in [2.75, 3.05) is 19.6 Å². The van der Waals surface area contributed by atoms with Gasteiger partial charge in [-0.3, -0.25) is 4.79 Å². The maximum atomic E-state index is 13.0. The summed E-state index contributed by atoms with van der Waals surface area (Å²) >= 11 is 0. The van der Waals surface area contributed by atoms with Crippen LogP contribution >= 0.6 is 0 Å². The molecule has 2 aliphatic rings. The second kappa shape index (κ2) is 5.41. The summed E-state index contributed by atoms with van der Waals surface area (Å²) in [7, 11) is 0. The van der Waals surface area contributed by atoms with Gasteiger partial charge in [-0.2, -0.15) is 0 Å². The third-order valence-electron chi connectivity index (χ3n) is 5.06. The Balaban J connectivity index is 1.74. The number of hydrogen-bond donors (Lipinski definition) is 1. The number of carbonyl (C=O) groups excluding carboxylic acids is 1. The molecule has 3 nitrogen and oxygen atoms in total. The predicted molar refractivity (Wildman–Crippen MR) is 80.5 cm³/mol. The highest BCUT2D eigenvalue weighted by molar-refractivity contribution is 5.83. The van der Waals surface area contributed by atoms with Gasteiger partial charge in [0.25, 0.3) is 0 Å². The molecule has 1 N–H and O–H groups in total. The van der Waals surface area contributed by atoms with Crippen molar-refractivity contribution in [3.05, 3.63) is 35.6 Å². The van der Waals surface area contributed by atoms with Crippen LogP contribution in [0.2, 0.25) is 0 Å². The van der Waals surface area contributed by atoms with Gasteiger partial charge in [0.1, 0.15) is 5.82 Å². The van der Waals surface area contributed by atoms with Gasteiger partial charge in [0.05, 0.1) is 5.41 Å². The van der Waals surface area contributed by atoms with E-state index < -0.39 is 0 Å². The van der Waals surface area contributed by atoms with Gasteiger partial charge in [-0.1, -0.05) is 12.1 Å². The standard InChI is InChI=1S/C17H23FN2O/c1-12-9-14(13-3-5-15(18)6-4-13)10-20(12)16(21)17(2)7-8-19-11-17/h3-6,12,14,19H,7-11H2,1-2H3/t12-,14-,17+/m1/s1. The molecule has 21 heavy (non-hydrogen) atoms. The number of halogens is 1. The minimum Gasteiger partial charge on any atom is -0.339 e. The zero-order valence-corrected chi connectivity index (χ0v) is 12.7. The van der Waals surface area contributed by atoms with Crippen molar-refractivity contribution in [3.63, 3.8) is 0 Å². The smallest absolute Gasteiger partial charge is 0.230 e. The summed E-state index contributed by atoms with van der Waals surface area (Å²) in [5.74, 6) is 0.384. The molecule has 3 atom stereocenters. The van der Waals surface area contributed by atoms with Crippen LogP contribution in [0.1, 0.15) is 38.2 Å². The predicted octanol–water partition coefficient (Wildman–Crippen LogP) is 2.53. The van der Waals surface area contributed by atoms with Crippen molar-refractivity contribution >= 4 is 5.91 Å². The Morgan fingerprint density at radius 1 is 1.38 bits per heavy atom. The quantitative estimate of drug-likeness (QED) is 0.908. The largest absolute Gasteiger partial charge is 0.339 e. The Labute approximate surface area is 125 Å². The summed E-state index contributed by atoms with van der Waals surface area (Å²) in [5, 5.41) is 3.29. The van der Waals surface area contributed by atoms with Crippen LogP contribution in [0.5, 0.6) is 0 Å². The average molecular weight is 290 g/mol. The SMILES string of the molecule is C[C@@H]1C[C@@H](c2ccc(F)cc2)CN1C(=O)[C@@]1(C)CCNC1. The molecule has 114 valence electrons. The number of benzene rings is 1. The molecule has 2 fully saturated rings. The Morgan fingerprint density at radius 2 is 2.10 bits per heavy atom. The van der Waals surface area contributed by atoms with Crippen LogP contribution in [-0.2, 0) is 4.79 Å². The lowest BCUT2D eigenvalue weighted by molar-refractivity contribution is -0.140. The first-order valence-electron chi connectivity index (χ1n) is 7.77. The van der Waals surface area contributed by atoms with E-state index in [-0.39, 0.29) is 23.2 Å². The summed E-state index contributed by atoms with van der Waals surface area (Å²) in [4.78, 5) is 14.9. The summed E-state index contributed by atoms with van der Waals surface area (Å²) in [6.45, 7) is 6.63. The molecule has 0 unspecified atom stereocenters. The van der Waals surface area contributed by atoms with Crippen LogP contribution in [0.3, 0.4) is 0 Å². The van der Waals surface area contributed by atoms with Crippen molar-refractivity contribution in [1.82, 2.24) is 10.2 Å². The van der Waals surface area contributed by atoms with Gasteiger partial charge in [-0.15, -0.1) is 0 Å². The summed E-state index contributed by atoms with van der Waals surface area (Å²) in [6.07, 6.45) is 1.87. The van der Waals surface area contributed by atoms with Crippen LogP contribution in [0, 0.1) is 11.2 Å². The fourth-order valence-electron chi connectivity index (χ4n) is 3.64. The zero-order valence-electron chi connectivity index (χ0n) is 12.7. The van der Waals surface area contributed by atoms with Gasteiger partial charge in [0, 0.05) is 25.0 Å². The average Bonchev–Trinajstić information content (AvgIpc) is 3.06. The van der Waals surface area contributed by atoms with Crippen LogP contribution in [0.4, 0.5) is 4.39 Å². The van der Waals surface area contributed by atoms with Gasteiger partial charge in [0.15, 0.2) is 0 Å². The molecule has 2 heterocycles. The lowest BCUT2D eigenvalue weighted by Gasteiger charge is -2.31. The maximum absolute atomic E-state index is 13.0. The molecule has 0 aromatic heterocycles. The molecule has 1 aromatic rings. The summed E-state index contributed by atoms with van der Waals surface area (Å²) in [5.41, 5.74) is 0.875. The van der Waals surface area contributed by atoms with Gasteiger partial charge >= 0.3 is 0 Å². The topological polar surface area (TPSA) is 32.3 Å². The molecule has 0 saturated carbocycles. The molecule has 0 aliphatic carbocycles. The first-order chi connectivity index (χ1) is 9.99. The van der Waals surface area contributed by atoms with Crippen molar-refractivity contribution in [3.8, 4) is 0 Å². The van der Waals surface area contributed by atoms with Crippen LogP contribution in [0.15, 0.2) is 24.3 Å². The van der Waals surface area contributed by atoms with Gasteiger partial charge in [-0.25, -0.2) is 4.39 Å². The van der Waals surface area contributed by atoms with E-state index in [1.807, 2.05) is 17.0 Å². The van der Waals surface area contributed by atoms with E-state index in [0.717, 1.165) is 38.0 Å². The molecule has 0 radical (unpaired) electrons. The van der Waals surface area contributed by atoms with Crippen molar-refractivity contribution in [2.45, 2.75) is 38.6 Å².